The first-order valence-electron chi connectivity index (χ1n) is 8.06. The lowest BCUT2D eigenvalue weighted by molar-refractivity contribution is -0.132. The molecular formula is C16H28N4O. The third-order valence-corrected chi connectivity index (χ3v) is 4.38. The maximum Gasteiger partial charge on any atom is 0.223 e. The second kappa shape index (κ2) is 7.59. The summed E-state index contributed by atoms with van der Waals surface area (Å²) in [5, 5.41) is 0. The molecule has 0 N–H and O–H groups in total. The summed E-state index contributed by atoms with van der Waals surface area (Å²) in [7, 11) is 4.24. The van der Waals surface area contributed by atoms with Gasteiger partial charge in [-0.3, -0.25) is 4.79 Å². The number of hydrogen-bond acceptors (Lipinski definition) is 3. The lowest BCUT2D eigenvalue weighted by Gasteiger charge is -2.35. The van der Waals surface area contributed by atoms with E-state index in [9.17, 15) is 4.79 Å². The van der Waals surface area contributed by atoms with Crippen molar-refractivity contribution in [1.82, 2.24) is 19.4 Å². The van der Waals surface area contributed by atoms with Gasteiger partial charge in [-0.05, 0) is 33.4 Å². The van der Waals surface area contributed by atoms with Crippen LogP contribution >= 0.6 is 0 Å². The predicted octanol–water partition coefficient (Wildman–Crippen LogP) is 1.78. The minimum atomic E-state index is 0.276. The molecule has 5 heteroatoms. The van der Waals surface area contributed by atoms with E-state index in [1.165, 1.54) is 0 Å². The van der Waals surface area contributed by atoms with Crippen LogP contribution in [0.1, 0.15) is 38.4 Å². The molecule has 0 aromatic carbocycles. The molecule has 1 aliphatic heterocycles. The van der Waals surface area contributed by atoms with Crippen LogP contribution in [0.5, 0.6) is 0 Å². The SMILES string of the molecule is CCCn1ccnc1CCC(=O)N1CCC(N(C)C)CC1. The fraction of sp³-hybridized carbons (Fsp3) is 0.750. The van der Waals surface area contributed by atoms with Gasteiger partial charge >= 0.3 is 0 Å². The van der Waals surface area contributed by atoms with Crippen molar-refractivity contribution >= 4 is 5.91 Å². The van der Waals surface area contributed by atoms with E-state index in [2.05, 4.69) is 35.5 Å². The van der Waals surface area contributed by atoms with Crippen LogP contribution < -0.4 is 0 Å². The summed E-state index contributed by atoms with van der Waals surface area (Å²) in [6, 6.07) is 0.623. The van der Waals surface area contributed by atoms with Crippen molar-refractivity contribution < 1.29 is 4.79 Å². The Morgan fingerprint density at radius 3 is 2.71 bits per heavy atom. The molecule has 118 valence electrons. The predicted molar refractivity (Wildman–Crippen MR) is 84.1 cm³/mol. The van der Waals surface area contributed by atoms with Crippen LogP contribution in [0.3, 0.4) is 0 Å². The number of aryl methyl sites for hydroxylation is 2. The summed E-state index contributed by atoms with van der Waals surface area (Å²) in [6.07, 6.45) is 8.43. The number of amides is 1. The van der Waals surface area contributed by atoms with Gasteiger partial charge in [0.2, 0.25) is 5.91 Å². The van der Waals surface area contributed by atoms with Gasteiger partial charge in [0.05, 0.1) is 0 Å². The fourth-order valence-corrected chi connectivity index (χ4v) is 3.02. The summed E-state index contributed by atoms with van der Waals surface area (Å²) in [5.41, 5.74) is 0. The Morgan fingerprint density at radius 1 is 1.38 bits per heavy atom. The minimum Gasteiger partial charge on any atom is -0.343 e. The van der Waals surface area contributed by atoms with Gasteiger partial charge in [-0.25, -0.2) is 4.98 Å². The van der Waals surface area contributed by atoms with Crippen molar-refractivity contribution in [2.24, 2.45) is 0 Å². The van der Waals surface area contributed by atoms with Crippen LogP contribution in [0.4, 0.5) is 0 Å². The fourth-order valence-electron chi connectivity index (χ4n) is 3.02. The second-order valence-corrected chi connectivity index (χ2v) is 6.11. The topological polar surface area (TPSA) is 41.4 Å². The first-order chi connectivity index (χ1) is 10.1. The summed E-state index contributed by atoms with van der Waals surface area (Å²) in [6.45, 7) is 4.93. The van der Waals surface area contributed by atoms with E-state index in [0.29, 0.717) is 12.5 Å². The molecule has 0 atom stereocenters. The van der Waals surface area contributed by atoms with Crippen molar-refractivity contribution in [3.8, 4) is 0 Å². The molecule has 21 heavy (non-hydrogen) atoms. The molecule has 0 spiro atoms. The molecule has 1 aliphatic rings. The Balaban J connectivity index is 1.79. The van der Waals surface area contributed by atoms with Crippen LogP contribution in [-0.2, 0) is 17.8 Å². The second-order valence-electron chi connectivity index (χ2n) is 6.11. The van der Waals surface area contributed by atoms with Crippen LogP contribution in [-0.4, -0.2) is 58.5 Å². The van der Waals surface area contributed by atoms with Crippen LogP contribution in [0, 0.1) is 0 Å². The van der Waals surface area contributed by atoms with Crippen molar-refractivity contribution in [3.63, 3.8) is 0 Å². The molecule has 1 saturated heterocycles. The third kappa shape index (κ3) is 4.30. The first kappa shape index (κ1) is 16.0. The number of hydrogen-bond donors (Lipinski definition) is 0. The third-order valence-electron chi connectivity index (χ3n) is 4.38. The molecular weight excluding hydrogens is 264 g/mol. The standard InChI is InChI=1S/C16H28N4O/c1-4-10-19-13-9-17-15(19)5-6-16(21)20-11-7-14(8-12-20)18(2)3/h9,13-14H,4-8,10-12H2,1-3H3. The van der Waals surface area contributed by atoms with Gasteiger partial charge in [-0.15, -0.1) is 0 Å². The highest BCUT2D eigenvalue weighted by Gasteiger charge is 2.23. The van der Waals surface area contributed by atoms with Crippen molar-refractivity contribution in [3.05, 3.63) is 18.2 Å². The number of likely N-dealkylation sites (tertiary alicyclic amines) is 1. The number of rotatable bonds is 6. The summed E-state index contributed by atoms with van der Waals surface area (Å²) < 4.78 is 2.16. The molecule has 1 aromatic heterocycles. The van der Waals surface area contributed by atoms with E-state index in [-0.39, 0.29) is 5.91 Å². The van der Waals surface area contributed by atoms with E-state index in [1.807, 2.05) is 17.3 Å². The van der Waals surface area contributed by atoms with Gasteiger partial charge in [0.1, 0.15) is 5.82 Å². The normalized spacial score (nSPS) is 16.7. The Labute approximate surface area is 127 Å². The van der Waals surface area contributed by atoms with Gasteiger partial charge in [0, 0.05) is 50.9 Å². The highest BCUT2D eigenvalue weighted by atomic mass is 16.2. The minimum absolute atomic E-state index is 0.276. The lowest BCUT2D eigenvalue weighted by Crippen LogP contribution is -2.44. The zero-order valence-electron chi connectivity index (χ0n) is 13.6. The maximum absolute atomic E-state index is 12.3. The highest BCUT2D eigenvalue weighted by molar-refractivity contribution is 5.76. The molecule has 0 unspecified atom stereocenters. The lowest BCUT2D eigenvalue weighted by atomic mass is 10.0. The van der Waals surface area contributed by atoms with E-state index in [1.54, 1.807) is 0 Å². The van der Waals surface area contributed by atoms with Crippen molar-refractivity contribution in [2.75, 3.05) is 27.2 Å². The number of piperidine rings is 1. The molecule has 1 aromatic rings. The summed E-state index contributed by atoms with van der Waals surface area (Å²) in [4.78, 5) is 21.0. The zero-order chi connectivity index (χ0) is 15.2. The Morgan fingerprint density at radius 2 is 2.10 bits per heavy atom. The molecule has 0 bridgehead atoms. The summed E-state index contributed by atoms with van der Waals surface area (Å²) in [5.74, 6) is 1.31. The Hall–Kier alpha value is -1.36. The van der Waals surface area contributed by atoms with E-state index < -0.39 is 0 Å². The number of imidazole rings is 1. The largest absolute Gasteiger partial charge is 0.343 e. The summed E-state index contributed by atoms with van der Waals surface area (Å²) >= 11 is 0. The quantitative estimate of drug-likeness (QED) is 0.802. The van der Waals surface area contributed by atoms with Gasteiger partial charge in [-0.1, -0.05) is 6.92 Å². The van der Waals surface area contributed by atoms with Crippen molar-refractivity contribution in [1.29, 1.82) is 0 Å². The number of carbonyl (C=O) groups is 1. The van der Waals surface area contributed by atoms with Gasteiger partial charge < -0.3 is 14.4 Å². The molecule has 1 fully saturated rings. The average molecular weight is 292 g/mol. The molecule has 0 aliphatic carbocycles. The van der Waals surface area contributed by atoms with Crippen LogP contribution in [0.15, 0.2) is 12.4 Å². The average Bonchev–Trinajstić information content (AvgIpc) is 2.92. The molecule has 1 amide bonds. The first-order valence-corrected chi connectivity index (χ1v) is 8.06. The zero-order valence-corrected chi connectivity index (χ0v) is 13.6. The smallest absolute Gasteiger partial charge is 0.223 e. The number of carbonyl (C=O) groups excluding carboxylic acids is 1. The van der Waals surface area contributed by atoms with Gasteiger partial charge in [0.25, 0.3) is 0 Å². The molecule has 0 saturated carbocycles. The van der Waals surface area contributed by atoms with Gasteiger partial charge in [0.15, 0.2) is 0 Å². The molecule has 0 radical (unpaired) electrons. The van der Waals surface area contributed by atoms with Crippen LogP contribution in [0.2, 0.25) is 0 Å². The van der Waals surface area contributed by atoms with E-state index in [4.69, 9.17) is 0 Å². The molecule has 2 rings (SSSR count). The van der Waals surface area contributed by atoms with Gasteiger partial charge in [-0.2, -0.15) is 0 Å². The maximum atomic E-state index is 12.3. The number of aromatic nitrogens is 2. The monoisotopic (exact) mass is 292 g/mol. The van der Waals surface area contributed by atoms with E-state index in [0.717, 1.165) is 51.1 Å². The molecule has 2 heterocycles. The highest BCUT2D eigenvalue weighted by Crippen LogP contribution is 2.15. The molecule has 5 nitrogen and oxygen atoms in total. The van der Waals surface area contributed by atoms with Crippen molar-refractivity contribution in [2.45, 2.75) is 51.6 Å². The number of nitrogens with zero attached hydrogens (tertiary/aromatic N) is 4. The Kier molecular flexibility index (Phi) is 5.79. The van der Waals surface area contributed by atoms with E-state index >= 15 is 0 Å². The Bertz CT molecular complexity index is 447. The van der Waals surface area contributed by atoms with Crippen LogP contribution in [0.25, 0.3) is 0 Å².